The Labute approximate surface area is 76.9 Å². The van der Waals surface area contributed by atoms with Crippen molar-refractivity contribution in [1.29, 1.82) is 0 Å². The average molecular weight is 180 g/mol. The molecule has 3 nitrogen and oxygen atoms in total. The van der Waals surface area contributed by atoms with E-state index in [1.807, 2.05) is 19.1 Å². The lowest BCUT2D eigenvalue weighted by molar-refractivity contribution is 0.172. The van der Waals surface area contributed by atoms with E-state index in [1.54, 1.807) is 0 Å². The Bertz CT molecular complexity index is 320. The predicted octanol–water partition coefficient (Wildman–Crippen LogP) is 1.26. The van der Waals surface area contributed by atoms with Gasteiger partial charge in [0.15, 0.2) is 11.5 Å². The van der Waals surface area contributed by atoms with Crippen LogP contribution in [-0.2, 0) is 6.42 Å². The topological polar surface area (TPSA) is 38.7 Å². The largest absolute Gasteiger partial charge is 0.454 e. The summed E-state index contributed by atoms with van der Waals surface area (Å²) in [6.07, 6.45) is 0.623. The highest BCUT2D eigenvalue weighted by atomic mass is 16.7. The van der Waals surface area contributed by atoms with E-state index in [1.165, 1.54) is 0 Å². The molecule has 0 spiro atoms. The molecule has 0 fully saturated rings. The van der Waals surface area contributed by atoms with Crippen LogP contribution >= 0.6 is 0 Å². The summed E-state index contributed by atoms with van der Waals surface area (Å²) in [4.78, 5) is 0. The zero-order valence-electron chi connectivity index (χ0n) is 7.54. The van der Waals surface area contributed by atoms with E-state index in [0.29, 0.717) is 6.42 Å². The van der Waals surface area contributed by atoms with Gasteiger partial charge in [-0.05, 0) is 25.0 Å². The molecule has 0 saturated carbocycles. The molecule has 0 saturated heterocycles. The number of fused-ring (bicyclic) bond motifs is 1. The number of aliphatic hydroxyl groups excluding tert-OH is 1. The zero-order valence-corrected chi connectivity index (χ0v) is 7.54. The van der Waals surface area contributed by atoms with Crippen LogP contribution in [0.3, 0.4) is 0 Å². The average Bonchev–Trinajstić information content (AvgIpc) is 2.58. The van der Waals surface area contributed by atoms with Gasteiger partial charge in [0.2, 0.25) is 6.79 Å². The molecule has 2 rings (SSSR count). The van der Waals surface area contributed by atoms with Crippen LogP contribution in [-0.4, -0.2) is 18.5 Å². The van der Waals surface area contributed by atoms with E-state index in [0.717, 1.165) is 22.6 Å². The van der Waals surface area contributed by atoms with Gasteiger partial charge in [0.1, 0.15) is 0 Å². The van der Waals surface area contributed by atoms with Crippen molar-refractivity contribution in [2.45, 2.75) is 13.3 Å². The molecule has 0 amide bonds. The van der Waals surface area contributed by atoms with Crippen LogP contribution in [0.2, 0.25) is 0 Å². The Hall–Kier alpha value is -1.22. The lowest BCUT2D eigenvalue weighted by Gasteiger charge is -2.07. The van der Waals surface area contributed by atoms with E-state index in [-0.39, 0.29) is 13.4 Å². The summed E-state index contributed by atoms with van der Waals surface area (Å²) in [7, 11) is 0. The molecule has 0 bridgehead atoms. The van der Waals surface area contributed by atoms with Gasteiger partial charge in [-0.1, -0.05) is 6.07 Å². The Morgan fingerprint density at radius 3 is 3.00 bits per heavy atom. The number of hydrogen-bond acceptors (Lipinski definition) is 3. The number of rotatable bonds is 2. The molecule has 1 heterocycles. The molecule has 0 aliphatic carbocycles. The van der Waals surface area contributed by atoms with Crippen molar-refractivity contribution < 1.29 is 14.6 Å². The minimum atomic E-state index is 0.140. The van der Waals surface area contributed by atoms with Gasteiger partial charge in [-0.2, -0.15) is 0 Å². The lowest BCUT2D eigenvalue weighted by Crippen LogP contribution is -1.97. The summed E-state index contributed by atoms with van der Waals surface area (Å²) in [5, 5.41) is 8.88. The third-order valence-electron chi connectivity index (χ3n) is 2.24. The van der Waals surface area contributed by atoms with E-state index < -0.39 is 0 Å². The van der Waals surface area contributed by atoms with Crippen molar-refractivity contribution in [2.24, 2.45) is 0 Å². The first-order chi connectivity index (χ1) is 6.33. The predicted molar refractivity (Wildman–Crippen MR) is 48.1 cm³/mol. The van der Waals surface area contributed by atoms with Crippen LogP contribution in [0.5, 0.6) is 11.5 Å². The van der Waals surface area contributed by atoms with Crippen LogP contribution in [0.25, 0.3) is 0 Å². The molecule has 0 aromatic heterocycles. The number of hydrogen-bond donors (Lipinski definition) is 1. The molecule has 1 aromatic carbocycles. The fourth-order valence-electron chi connectivity index (χ4n) is 1.55. The number of aliphatic hydroxyl groups is 1. The van der Waals surface area contributed by atoms with Gasteiger partial charge in [0, 0.05) is 12.2 Å². The maximum atomic E-state index is 8.88. The molecule has 0 radical (unpaired) electrons. The first kappa shape index (κ1) is 8.38. The molecule has 3 heteroatoms. The van der Waals surface area contributed by atoms with Crippen LogP contribution in [0, 0.1) is 6.92 Å². The fourth-order valence-corrected chi connectivity index (χ4v) is 1.55. The molecule has 1 aromatic rings. The molecule has 0 atom stereocenters. The van der Waals surface area contributed by atoms with Crippen molar-refractivity contribution in [3.05, 3.63) is 23.3 Å². The second-order valence-electron chi connectivity index (χ2n) is 3.07. The highest BCUT2D eigenvalue weighted by Gasteiger charge is 2.18. The Morgan fingerprint density at radius 2 is 2.23 bits per heavy atom. The normalized spacial score (nSPS) is 13.4. The van der Waals surface area contributed by atoms with Crippen LogP contribution in [0.1, 0.15) is 11.1 Å². The standard InChI is InChI=1S/C10H12O3/c1-7-2-3-9-10(13-6-12-9)8(7)4-5-11/h2-3,11H,4-6H2,1H3. The minimum absolute atomic E-state index is 0.140. The van der Waals surface area contributed by atoms with Gasteiger partial charge in [-0.25, -0.2) is 0 Å². The molecule has 0 unspecified atom stereocenters. The molecular formula is C10H12O3. The first-order valence-corrected chi connectivity index (χ1v) is 4.32. The summed E-state index contributed by atoms with van der Waals surface area (Å²) >= 11 is 0. The molecular weight excluding hydrogens is 168 g/mol. The second-order valence-corrected chi connectivity index (χ2v) is 3.07. The number of ether oxygens (including phenoxy) is 2. The van der Waals surface area contributed by atoms with Gasteiger partial charge < -0.3 is 14.6 Å². The quantitative estimate of drug-likeness (QED) is 0.744. The fraction of sp³-hybridized carbons (Fsp3) is 0.400. The van der Waals surface area contributed by atoms with Crippen molar-refractivity contribution in [3.8, 4) is 11.5 Å². The Balaban J connectivity index is 2.45. The van der Waals surface area contributed by atoms with Crippen LogP contribution < -0.4 is 9.47 Å². The van der Waals surface area contributed by atoms with Gasteiger partial charge in [-0.15, -0.1) is 0 Å². The SMILES string of the molecule is Cc1ccc2c(c1CCO)OCO2. The molecule has 1 N–H and O–H groups in total. The molecule has 1 aliphatic rings. The smallest absolute Gasteiger partial charge is 0.231 e. The third kappa shape index (κ3) is 1.35. The van der Waals surface area contributed by atoms with E-state index >= 15 is 0 Å². The molecule has 13 heavy (non-hydrogen) atoms. The number of benzene rings is 1. The summed E-state index contributed by atoms with van der Waals surface area (Å²) in [5.74, 6) is 1.59. The zero-order chi connectivity index (χ0) is 9.26. The Morgan fingerprint density at radius 1 is 1.38 bits per heavy atom. The lowest BCUT2D eigenvalue weighted by atomic mass is 10.0. The van der Waals surface area contributed by atoms with E-state index in [4.69, 9.17) is 14.6 Å². The summed E-state index contributed by atoms with van der Waals surface area (Å²) < 4.78 is 10.6. The maximum Gasteiger partial charge on any atom is 0.231 e. The highest BCUT2D eigenvalue weighted by Crippen LogP contribution is 2.37. The second kappa shape index (κ2) is 3.26. The molecule has 70 valence electrons. The first-order valence-electron chi connectivity index (χ1n) is 4.32. The van der Waals surface area contributed by atoms with Gasteiger partial charge >= 0.3 is 0 Å². The summed E-state index contributed by atoms with van der Waals surface area (Å²) in [6.45, 7) is 2.44. The van der Waals surface area contributed by atoms with Crippen molar-refractivity contribution in [1.82, 2.24) is 0 Å². The minimum Gasteiger partial charge on any atom is -0.454 e. The molecule has 1 aliphatic heterocycles. The monoisotopic (exact) mass is 180 g/mol. The van der Waals surface area contributed by atoms with E-state index in [9.17, 15) is 0 Å². The Kier molecular flexibility index (Phi) is 2.10. The number of aryl methyl sites for hydroxylation is 1. The van der Waals surface area contributed by atoms with Crippen molar-refractivity contribution >= 4 is 0 Å². The van der Waals surface area contributed by atoms with Crippen LogP contribution in [0.4, 0.5) is 0 Å². The van der Waals surface area contributed by atoms with Crippen molar-refractivity contribution in [2.75, 3.05) is 13.4 Å². The summed E-state index contributed by atoms with van der Waals surface area (Å²) in [6, 6.07) is 3.89. The van der Waals surface area contributed by atoms with Gasteiger partial charge in [0.05, 0.1) is 0 Å². The summed E-state index contributed by atoms with van der Waals surface area (Å²) in [5.41, 5.74) is 2.19. The maximum absolute atomic E-state index is 8.88. The van der Waals surface area contributed by atoms with Crippen LogP contribution in [0.15, 0.2) is 12.1 Å². The van der Waals surface area contributed by atoms with E-state index in [2.05, 4.69) is 0 Å². The third-order valence-corrected chi connectivity index (χ3v) is 2.24. The van der Waals surface area contributed by atoms with Gasteiger partial charge in [-0.3, -0.25) is 0 Å². The van der Waals surface area contributed by atoms with Gasteiger partial charge in [0.25, 0.3) is 0 Å². The van der Waals surface area contributed by atoms with Crippen molar-refractivity contribution in [3.63, 3.8) is 0 Å². The highest BCUT2D eigenvalue weighted by molar-refractivity contribution is 5.51.